The minimum Gasteiger partial charge on any atom is -0.486 e. The van der Waals surface area contributed by atoms with E-state index in [1.807, 2.05) is 12.1 Å². The van der Waals surface area contributed by atoms with Gasteiger partial charge in [0.05, 0.1) is 31.4 Å². The van der Waals surface area contributed by atoms with Crippen molar-refractivity contribution in [1.29, 1.82) is 5.26 Å². The largest absolute Gasteiger partial charge is 0.486 e. The molecule has 230 valence electrons. The number of benzene rings is 2. The number of anilines is 3. The fraction of sp³-hybridized carbons (Fsp3) is 0.452. The van der Waals surface area contributed by atoms with Gasteiger partial charge in [-0.2, -0.15) is 10.2 Å². The van der Waals surface area contributed by atoms with Crippen LogP contribution in [-0.4, -0.2) is 113 Å². The molecule has 1 aromatic heterocycles. The monoisotopic (exact) mass is 602 g/mol. The molecular weight excluding hydrogens is 567 g/mol. The maximum Gasteiger partial charge on any atom is 0.251 e. The number of nitrogens with one attached hydrogen (secondary N) is 1. The second kappa shape index (κ2) is 13.1. The molecule has 0 saturated carbocycles. The van der Waals surface area contributed by atoms with Crippen LogP contribution < -0.4 is 15.0 Å². The number of nitrogens with zero attached hydrogens (tertiary/aromatic N) is 7. The lowest BCUT2D eigenvalue weighted by atomic mass is 10.0. The summed E-state index contributed by atoms with van der Waals surface area (Å²) in [4.78, 5) is 31.3. The summed E-state index contributed by atoms with van der Waals surface area (Å²) in [5, 5.41) is 22.5. The average Bonchev–Trinajstić information content (AvgIpc) is 3.02. The molecule has 3 aromatic rings. The molecule has 3 atom stereocenters. The number of aliphatic hydroxyl groups is 1. The highest BCUT2D eigenvalue weighted by Crippen LogP contribution is 2.29. The van der Waals surface area contributed by atoms with Crippen LogP contribution in [0, 0.1) is 11.3 Å². The summed E-state index contributed by atoms with van der Waals surface area (Å²) in [5.41, 5.74) is 2.79. The van der Waals surface area contributed by atoms with Crippen molar-refractivity contribution in [2.75, 3.05) is 62.7 Å². The molecule has 13 heteroatoms. The molecule has 3 saturated heterocycles. The van der Waals surface area contributed by atoms with Crippen LogP contribution >= 0.6 is 0 Å². The third-order valence-corrected chi connectivity index (χ3v) is 8.30. The lowest BCUT2D eigenvalue weighted by Crippen LogP contribution is -2.56. The van der Waals surface area contributed by atoms with Gasteiger partial charge in [0.2, 0.25) is 5.95 Å². The van der Waals surface area contributed by atoms with Gasteiger partial charge in [-0.25, -0.2) is 14.4 Å². The van der Waals surface area contributed by atoms with Crippen molar-refractivity contribution in [1.82, 2.24) is 24.8 Å². The number of nitriles is 1. The number of carbonyl (C=O) groups is 1. The van der Waals surface area contributed by atoms with Gasteiger partial charge in [-0.1, -0.05) is 0 Å². The first-order valence-corrected chi connectivity index (χ1v) is 14.8. The Morgan fingerprint density at radius 2 is 1.91 bits per heavy atom. The number of alkyl halides is 1. The molecule has 0 bridgehead atoms. The number of aliphatic hydroxyl groups excluding tert-OH is 1. The highest BCUT2D eigenvalue weighted by Gasteiger charge is 2.34. The van der Waals surface area contributed by atoms with E-state index in [1.165, 1.54) is 23.8 Å². The normalized spacial score (nSPS) is 21.7. The molecule has 4 heterocycles. The fourth-order valence-electron chi connectivity index (χ4n) is 5.66. The van der Waals surface area contributed by atoms with Gasteiger partial charge in [0, 0.05) is 56.1 Å². The van der Waals surface area contributed by atoms with E-state index < -0.39 is 24.3 Å². The molecule has 44 heavy (non-hydrogen) atoms. The minimum atomic E-state index is -1.46. The summed E-state index contributed by atoms with van der Waals surface area (Å²) in [6, 6.07) is 15.7. The van der Waals surface area contributed by atoms with Crippen LogP contribution in [0.25, 0.3) is 11.4 Å². The van der Waals surface area contributed by atoms with E-state index in [2.05, 4.69) is 48.3 Å². The molecule has 0 spiro atoms. The Morgan fingerprint density at radius 1 is 1.14 bits per heavy atom. The van der Waals surface area contributed by atoms with Crippen molar-refractivity contribution in [3.05, 3.63) is 54.4 Å². The van der Waals surface area contributed by atoms with Crippen molar-refractivity contribution in [2.45, 2.75) is 37.8 Å². The zero-order valence-electron chi connectivity index (χ0n) is 24.5. The van der Waals surface area contributed by atoms with E-state index in [4.69, 9.17) is 9.47 Å². The van der Waals surface area contributed by atoms with Crippen LogP contribution in [-0.2, 0) is 9.53 Å². The molecule has 0 aliphatic carbocycles. The zero-order valence-corrected chi connectivity index (χ0v) is 24.5. The highest BCUT2D eigenvalue weighted by molar-refractivity contribution is 5.80. The molecule has 2 N–H and O–H groups in total. The van der Waals surface area contributed by atoms with Crippen molar-refractivity contribution < 1.29 is 23.8 Å². The van der Waals surface area contributed by atoms with Gasteiger partial charge in [-0.15, -0.1) is 0 Å². The third-order valence-electron chi connectivity index (χ3n) is 8.30. The van der Waals surface area contributed by atoms with Crippen LogP contribution in [0.4, 0.5) is 21.7 Å². The number of rotatable bonds is 8. The predicted molar refractivity (Wildman–Crippen MR) is 160 cm³/mol. The van der Waals surface area contributed by atoms with Crippen LogP contribution in [0.1, 0.15) is 18.9 Å². The van der Waals surface area contributed by atoms with Gasteiger partial charge in [0.15, 0.2) is 12.0 Å². The first kappa shape index (κ1) is 29.7. The van der Waals surface area contributed by atoms with Gasteiger partial charge in [-0.3, -0.25) is 9.69 Å². The van der Waals surface area contributed by atoms with Gasteiger partial charge >= 0.3 is 0 Å². The van der Waals surface area contributed by atoms with E-state index in [-0.39, 0.29) is 30.8 Å². The van der Waals surface area contributed by atoms with Gasteiger partial charge in [0.25, 0.3) is 5.91 Å². The summed E-state index contributed by atoms with van der Waals surface area (Å²) in [6.07, 6.45) is -1.83. The predicted octanol–water partition coefficient (Wildman–Crippen LogP) is 2.37. The average molecular weight is 603 g/mol. The van der Waals surface area contributed by atoms with Crippen molar-refractivity contribution in [2.24, 2.45) is 0 Å². The summed E-state index contributed by atoms with van der Waals surface area (Å²) in [7, 11) is 0. The second-order valence-electron chi connectivity index (χ2n) is 11.3. The standard InChI is InChI=1S/C31H35FN8O4/c1-20(41)30(42)40-9-8-28(26(32)16-40)44-27-7-2-21(14-22(27)15-33)29-34-19-35-31(37-29)36-23-3-5-24(6-4-23)38-10-12-39(13-11-38)25-17-43-18-25/h2-7,14,19-20,25-26,28,41H,8-13,16-18H2,1H3,(H,34,35,36,37)/t20-,26+,28+/m1/s1. The highest BCUT2D eigenvalue weighted by atomic mass is 19.1. The van der Waals surface area contributed by atoms with Crippen LogP contribution in [0.15, 0.2) is 48.8 Å². The Kier molecular flexibility index (Phi) is 8.83. The first-order chi connectivity index (χ1) is 21.4. The maximum absolute atomic E-state index is 14.9. The number of hydrogen-bond donors (Lipinski definition) is 2. The summed E-state index contributed by atoms with van der Waals surface area (Å²) < 4.78 is 26.1. The Hall–Kier alpha value is -4.38. The van der Waals surface area contributed by atoms with Crippen LogP contribution in [0.5, 0.6) is 5.75 Å². The second-order valence-corrected chi connectivity index (χ2v) is 11.3. The number of amides is 1. The number of hydrogen-bond acceptors (Lipinski definition) is 11. The topological polar surface area (TPSA) is 140 Å². The van der Waals surface area contributed by atoms with Crippen molar-refractivity contribution >= 4 is 23.2 Å². The molecule has 2 aromatic carbocycles. The molecule has 3 fully saturated rings. The Balaban J connectivity index is 1.07. The maximum atomic E-state index is 14.9. The molecule has 1 amide bonds. The number of piperidine rings is 1. The molecule has 0 radical (unpaired) electrons. The Bertz CT molecular complexity index is 1510. The fourth-order valence-corrected chi connectivity index (χ4v) is 5.66. The van der Waals surface area contributed by atoms with Crippen molar-refractivity contribution in [3.8, 4) is 23.2 Å². The Labute approximate surface area is 255 Å². The van der Waals surface area contributed by atoms with E-state index in [1.54, 1.807) is 18.2 Å². The van der Waals surface area contributed by atoms with E-state index >= 15 is 0 Å². The zero-order chi connectivity index (χ0) is 30.6. The summed E-state index contributed by atoms with van der Waals surface area (Å²) in [6.45, 7) is 7.15. The van der Waals surface area contributed by atoms with Crippen LogP contribution in [0.2, 0.25) is 0 Å². The lowest BCUT2D eigenvalue weighted by molar-refractivity contribution is -0.143. The van der Waals surface area contributed by atoms with Gasteiger partial charge in [-0.05, 0) is 49.4 Å². The summed E-state index contributed by atoms with van der Waals surface area (Å²) >= 11 is 0. The van der Waals surface area contributed by atoms with Gasteiger partial charge < -0.3 is 29.7 Å². The van der Waals surface area contributed by atoms with E-state index in [0.717, 1.165) is 45.1 Å². The quantitative estimate of drug-likeness (QED) is 0.393. The number of ether oxygens (including phenoxy) is 2. The van der Waals surface area contributed by atoms with Crippen molar-refractivity contribution in [3.63, 3.8) is 0 Å². The minimum absolute atomic E-state index is 0.175. The lowest BCUT2D eigenvalue weighted by Gasteiger charge is -2.43. The number of carbonyl (C=O) groups excluding carboxylic acids is 1. The third kappa shape index (κ3) is 6.57. The molecule has 12 nitrogen and oxygen atoms in total. The molecule has 6 rings (SSSR count). The first-order valence-electron chi connectivity index (χ1n) is 14.8. The van der Waals surface area contributed by atoms with E-state index in [0.29, 0.717) is 23.4 Å². The number of halogens is 1. The van der Waals surface area contributed by atoms with Gasteiger partial charge in [0.1, 0.15) is 30.4 Å². The molecular formula is C31H35FN8O4. The van der Waals surface area contributed by atoms with Crippen LogP contribution in [0.3, 0.4) is 0 Å². The molecule has 0 unspecified atom stereocenters. The number of likely N-dealkylation sites (tertiary alicyclic amines) is 1. The molecule has 3 aliphatic rings. The molecule has 3 aliphatic heterocycles. The number of piperazine rings is 1. The Morgan fingerprint density at radius 3 is 2.57 bits per heavy atom. The van der Waals surface area contributed by atoms with E-state index in [9.17, 15) is 19.6 Å². The number of aromatic nitrogens is 3. The smallest absolute Gasteiger partial charge is 0.251 e. The summed E-state index contributed by atoms with van der Waals surface area (Å²) in [5.74, 6) is 0.452. The SMILES string of the molecule is C[C@@H](O)C(=O)N1CC[C@H](Oc2ccc(-c3ncnc(Nc4ccc(N5CCN(C6COC6)CC5)cc4)n3)cc2C#N)[C@@H](F)C1.